The summed E-state index contributed by atoms with van der Waals surface area (Å²) in [6, 6.07) is 10.9. The number of amides is 1. The van der Waals surface area contributed by atoms with Gasteiger partial charge in [-0.1, -0.05) is 0 Å². The van der Waals surface area contributed by atoms with E-state index in [9.17, 15) is 9.18 Å². The Morgan fingerprint density at radius 2 is 1.90 bits per heavy atom. The number of nitrogens with zero attached hydrogens (tertiary/aromatic N) is 4. The van der Waals surface area contributed by atoms with Crippen LogP contribution in [-0.2, 0) is 11.3 Å². The second kappa shape index (κ2) is 8.88. The predicted octanol–water partition coefficient (Wildman–Crippen LogP) is 1.54. The Kier molecular flexibility index (Phi) is 6.09. The third kappa shape index (κ3) is 4.90. The van der Waals surface area contributed by atoms with E-state index in [0.717, 1.165) is 5.69 Å². The average Bonchev–Trinajstić information content (AvgIpc) is 2.73. The minimum Gasteiger partial charge on any atom is -0.444 e. The number of nitrogens with two attached hydrogens (primary N) is 1. The van der Waals surface area contributed by atoms with E-state index in [1.807, 2.05) is 22.3 Å². The normalized spacial score (nSPS) is 13.5. The zero-order valence-corrected chi connectivity index (χ0v) is 15.6. The summed E-state index contributed by atoms with van der Waals surface area (Å²) in [7, 11) is 0. The van der Waals surface area contributed by atoms with Gasteiger partial charge in [-0.05, 0) is 30.3 Å². The highest BCUT2D eigenvalue weighted by Crippen LogP contribution is 2.23. The number of alkyl carbamates (subject to hydrolysis) is 1. The van der Waals surface area contributed by atoms with Crippen molar-refractivity contribution in [2.24, 2.45) is 5.73 Å². The van der Waals surface area contributed by atoms with Gasteiger partial charge in [0.25, 0.3) is 0 Å². The summed E-state index contributed by atoms with van der Waals surface area (Å²) in [5, 5.41) is 17.8. The first-order chi connectivity index (χ1) is 14.0. The van der Waals surface area contributed by atoms with Gasteiger partial charge in [-0.15, -0.1) is 0 Å². The summed E-state index contributed by atoms with van der Waals surface area (Å²) in [5.41, 5.74) is 6.84. The first-order valence-electron chi connectivity index (χ1n) is 8.89. The van der Waals surface area contributed by atoms with Gasteiger partial charge in [0.05, 0.1) is 11.6 Å². The molecule has 1 aromatic carbocycles. The topological polar surface area (TPSA) is 131 Å². The van der Waals surface area contributed by atoms with Crippen LogP contribution in [0, 0.1) is 22.6 Å². The van der Waals surface area contributed by atoms with Gasteiger partial charge in [0.1, 0.15) is 6.61 Å². The van der Waals surface area contributed by atoms with Gasteiger partial charge in [-0.25, -0.2) is 14.2 Å². The summed E-state index contributed by atoms with van der Waals surface area (Å²) in [6.45, 7) is 2.19. The molecule has 29 heavy (non-hydrogen) atoms. The van der Waals surface area contributed by atoms with Crippen molar-refractivity contribution < 1.29 is 13.9 Å². The van der Waals surface area contributed by atoms with E-state index in [2.05, 4.69) is 16.0 Å². The summed E-state index contributed by atoms with van der Waals surface area (Å²) in [5.74, 6) is -0.890. The molecule has 3 rings (SSSR count). The van der Waals surface area contributed by atoms with E-state index >= 15 is 0 Å². The minimum atomic E-state index is -0.925. The molecule has 0 spiro atoms. The fourth-order valence-electron chi connectivity index (χ4n) is 3.02. The molecular weight excluding hydrogens is 377 g/mol. The molecule has 9 nitrogen and oxygen atoms in total. The molecule has 0 aliphatic carbocycles. The molecule has 1 fully saturated rings. The SMILES string of the molecule is N#Cc1ccc(N2CCN(c3nccc(COC(=O)NC(=N)N)c3F)CC2)cc1. The lowest BCUT2D eigenvalue weighted by Gasteiger charge is -2.37. The predicted molar refractivity (Wildman–Crippen MR) is 105 cm³/mol. The number of rotatable bonds is 4. The van der Waals surface area contributed by atoms with Crippen LogP contribution in [0.5, 0.6) is 0 Å². The number of aromatic nitrogens is 1. The lowest BCUT2D eigenvalue weighted by Crippen LogP contribution is -2.47. The standard InChI is InChI=1S/C19H20FN7O2/c20-16-14(12-29-19(28)25-18(22)23)5-6-24-17(16)27-9-7-26(8-10-27)15-3-1-13(11-21)2-4-15/h1-6H,7-10,12H2,(H4,22,23,25,28). The number of piperazine rings is 1. The van der Waals surface area contributed by atoms with Gasteiger partial charge in [0.2, 0.25) is 0 Å². The number of halogens is 1. The maximum absolute atomic E-state index is 14.8. The van der Waals surface area contributed by atoms with Crippen LogP contribution >= 0.6 is 0 Å². The second-order valence-corrected chi connectivity index (χ2v) is 6.36. The summed E-state index contributed by atoms with van der Waals surface area (Å²) >= 11 is 0. The number of nitriles is 1. The van der Waals surface area contributed by atoms with Crippen molar-refractivity contribution in [1.29, 1.82) is 10.7 Å². The first-order valence-corrected chi connectivity index (χ1v) is 8.89. The third-order valence-corrected chi connectivity index (χ3v) is 4.49. The number of nitrogens with one attached hydrogen (secondary N) is 2. The van der Waals surface area contributed by atoms with Gasteiger partial charge in [0.15, 0.2) is 17.6 Å². The van der Waals surface area contributed by atoms with E-state index in [-0.39, 0.29) is 18.0 Å². The molecule has 1 saturated heterocycles. The maximum atomic E-state index is 14.8. The number of hydrogen-bond acceptors (Lipinski definition) is 7. The third-order valence-electron chi connectivity index (χ3n) is 4.49. The van der Waals surface area contributed by atoms with Crippen LogP contribution in [0.4, 0.5) is 20.7 Å². The van der Waals surface area contributed by atoms with Crippen molar-refractivity contribution in [2.45, 2.75) is 6.61 Å². The maximum Gasteiger partial charge on any atom is 0.414 e. The number of carbonyl (C=O) groups is 1. The Morgan fingerprint density at radius 1 is 1.24 bits per heavy atom. The van der Waals surface area contributed by atoms with E-state index in [4.69, 9.17) is 21.1 Å². The molecule has 1 amide bonds. The highest BCUT2D eigenvalue weighted by molar-refractivity contribution is 5.90. The Bertz CT molecular complexity index is 935. The van der Waals surface area contributed by atoms with Crippen LogP contribution in [-0.4, -0.2) is 43.2 Å². The van der Waals surface area contributed by atoms with Crippen LogP contribution < -0.4 is 20.9 Å². The van der Waals surface area contributed by atoms with E-state index in [1.165, 1.54) is 12.3 Å². The Labute approximate surface area is 167 Å². The number of pyridine rings is 1. The quantitative estimate of drug-likeness (QED) is 0.527. The monoisotopic (exact) mass is 397 g/mol. The summed E-state index contributed by atoms with van der Waals surface area (Å²) < 4.78 is 19.7. The second-order valence-electron chi connectivity index (χ2n) is 6.36. The Hall–Kier alpha value is -3.87. The molecule has 1 aliphatic heterocycles. The molecular formula is C19H20FN7O2. The minimum absolute atomic E-state index is 0.184. The van der Waals surface area contributed by atoms with Gasteiger partial charge in [-0.2, -0.15) is 5.26 Å². The number of hydrogen-bond donors (Lipinski definition) is 3. The fourth-order valence-corrected chi connectivity index (χ4v) is 3.02. The van der Waals surface area contributed by atoms with Crippen LogP contribution in [0.25, 0.3) is 0 Å². The van der Waals surface area contributed by atoms with Gasteiger partial charge in [-0.3, -0.25) is 10.7 Å². The zero-order chi connectivity index (χ0) is 20.8. The van der Waals surface area contributed by atoms with Gasteiger partial charge < -0.3 is 20.3 Å². The largest absolute Gasteiger partial charge is 0.444 e. The molecule has 4 N–H and O–H groups in total. The number of guanidine groups is 1. The number of benzene rings is 1. The lowest BCUT2D eigenvalue weighted by molar-refractivity contribution is 0.143. The first kappa shape index (κ1) is 19.9. The Morgan fingerprint density at radius 3 is 2.52 bits per heavy atom. The van der Waals surface area contributed by atoms with Crippen LogP contribution in [0.15, 0.2) is 36.5 Å². The van der Waals surface area contributed by atoms with Crippen molar-refractivity contribution in [2.75, 3.05) is 36.0 Å². The molecule has 10 heteroatoms. The van der Waals surface area contributed by atoms with Crippen molar-refractivity contribution in [3.63, 3.8) is 0 Å². The molecule has 0 bridgehead atoms. The molecule has 0 radical (unpaired) electrons. The van der Waals surface area contributed by atoms with Crippen molar-refractivity contribution in [1.82, 2.24) is 10.3 Å². The number of carbonyl (C=O) groups excluding carboxylic acids is 1. The molecule has 1 aromatic heterocycles. The zero-order valence-electron chi connectivity index (χ0n) is 15.6. The highest BCUT2D eigenvalue weighted by atomic mass is 19.1. The smallest absolute Gasteiger partial charge is 0.414 e. The summed E-state index contributed by atoms with van der Waals surface area (Å²) in [4.78, 5) is 19.6. The van der Waals surface area contributed by atoms with E-state index in [0.29, 0.717) is 31.7 Å². The highest BCUT2D eigenvalue weighted by Gasteiger charge is 2.22. The lowest BCUT2D eigenvalue weighted by atomic mass is 10.2. The number of anilines is 2. The van der Waals surface area contributed by atoms with Crippen molar-refractivity contribution in [3.05, 3.63) is 53.5 Å². The van der Waals surface area contributed by atoms with E-state index < -0.39 is 17.9 Å². The average molecular weight is 397 g/mol. The van der Waals surface area contributed by atoms with Gasteiger partial charge >= 0.3 is 6.09 Å². The molecule has 0 unspecified atom stereocenters. The molecule has 2 aromatic rings. The van der Waals surface area contributed by atoms with E-state index in [1.54, 1.807) is 12.1 Å². The molecule has 0 saturated carbocycles. The molecule has 150 valence electrons. The van der Waals surface area contributed by atoms with Crippen LogP contribution in [0.2, 0.25) is 0 Å². The van der Waals surface area contributed by atoms with Gasteiger partial charge in [0, 0.05) is 43.6 Å². The number of ether oxygens (including phenoxy) is 1. The van der Waals surface area contributed by atoms with Crippen LogP contribution in [0.1, 0.15) is 11.1 Å². The summed E-state index contributed by atoms with van der Waals surface area (Å²) in [6.07, 6.45) is 0.541. The van der Waals surface area contributed by atoms with Crippen molar-refractivity contribution >= 4 is 23.6 Å². The molecule has 0 atom stereocenters. The Balaban J connectivity index is 1.62. The van der Waals surface area contributed by atoms with Crippen molar-refractivity contribution in [3.8, 4) is 6.07 Å². The fraction of sp³-hybridized carbons (Fsp3) is 0.263. The molecule has 2 heterocycles. The van der Waals surface area contributed by atoms with Crippen LogP contribution in [0.3, 0.4) is 0 Å². The molecule has 1 aliphatic rings.